The van der Waals surface area contributed by atoms with Gasteiger partial charge in [0.15, 0.2) is 11.5 Å². The minimum absolute atomic E-state index is 0.105. The van der Waals surface area contributed by atoms with Crippen molar-refractivity contribution >= 4 is 5.91 Å². The van der Waals surface area contributed by atoms with E-state index >= 15 is 0 Å². The molecule has 0 saturated heterocycles. The van der Waals surface area contributed by atoms with Gasteiger partial charge in [-0.15, -0.1) is 0 Å². The van der Waals surface area contributed by atoms with Crippen LogP contribution in [-0.4, -0.2) is 32.8 Å². The van der Waals surface area contributed by atoms with Crippen molar-refractivity contribution in [3.8, 4) is 17.2 Å². The molecule has 0 bridgehead atoms. The lowest BCUT2D eigenvalue weighted by atomic mass is 10.1. The topological polar surface area (TPSA) is 82.0 Å². The summed E-state index contributed by atoms with van der Waals surface area (Å²) in [6, 6.07) is 6.97. The van der Waals surface area contributed by atoms with Crippen LogP contribution in [0.3, 0.4) is 0 Å². The molecule has 1 aromatic heterocycles. The summed E-state index contributed by atoms with van der Waals surface area (Å²) in [5, 5.41) is 6.02. The molecule has 0 spiro atoms. The van der Waals surface area contributed by atoms with Gasteiger partial charge in [0.25, 0.3) is 0 Å². The average Bonchev–Trinajstić information content (AvgIpc) is 3.18. The zero-order valence-electron chi connectivity index (χ0n) is 15.6. The Morgan fingerprint density at radius 3 is 2.42 bits per heavy atom. The maximum absolute atomic E-state index is 12.2. The highest BCUT2D eigenvalue weighted by Gasteiger charge is 2.16. The molecule has 0 fully saturated rings. The first-order valence-electron chi connectivity index (χ1n) is 8.50. The molecule has 1 amide bonds. The number of carbonyl (C=O) groups is 1. The number of methoxy groups -OCH3 is 2. The summed E-state index contributed by atoms with van der Waals surface area (Å²) >= 11 is 0. The third-order valence-corrected chi connectivity index (χ3v) is 3.83. The van der Waals surface area contributed by atoms with Crippen LogP contribution in [-0.2, 0) is 17.9 Å². The Kier molecular flexibility index (Phi) is 7.35. The molecule has 1 heterocycles. The number of benzene rings is 1. The van der Waals surface area contributed by atoms with Crippen LogP contribution in [0.5, 0.6) is 17.2 Å². The summed E-state index contributed by atoms with van der Waals surface area (Å²) in [4.78, 5) is 12.2. The number of hydrogen-bond donors (Lipinski definition) is 2. The predicted octanol–water partition coefficient (Wildman–Crippen LogP) is 2.49. The normalized spacial score (nSPS) is 11.7. The first-order chi connectivity index (χ1) is 12.6. The summed E-state index contributed by atoms with van der Waals surface area (Å²) in [7, 11) is 3.17. The van der Waals surface area contributed by atoms with E-state index in [1.165, 1.54) is 0 Å². The van der Waals surface area contributed by atoms with Crippen molar-refractivity contribution in [1.29, 1.82) is 0 Å². The predicted molar refractivity (Wildman–Crippen MR) is 97.6 cm³/mol. The van der Waals surface area contributed by atoms with Crippen LogP contribution in [0.2, 0.25) is 0 Å². The molecule has 26 heavy (non-hydrogen) atoms. The zero-order chi connectivity index (χ0) is 18.9. The molecule has 2 rings (SSSR count). The smallest absolute Gasteiger partial charge is 0.237 e. The van der Waals surface area contributed by atoms with Gasteiger partial charge in [-0.1, -0.05) is 0 Å². The zero-order valence-corrected chi connectivity index (χ0v) is 15.6. The fourth-order valence-corrected chi connectivity index (χ4v) is 2.43. The van der Waals surface area contributed by atoms with Gasteiger partial charge in [-0.25, -0.2) is 0 Å². The molecular formula is C19H26N2O5. The second-order valence-electron chi connectivity index (χ2n) is 5.66. The molecule has 1 unspecified atom stereocenters. The fourth-order valence-electron chi connectivity index (χ4n) is 2.43. The highest BCUT2D eigenvalue weighted by atomic mass is 16.5. The van der Waals surface area contributed by atoms with Crippen LogP contribution in [0.25, 0.3) is 0 Å². The average molecular weight is 362 g/mol. The molecule has 0 saturated carbocycles. The van der Waals surface area contributed by atoms with Crippen LogP contribution in [0.1, 0.15) is 25.2 Å². The van der Waals surface area contributed by atoms with Crippen molar-refractivity contribution in [2.24, 2.45) is 0 Å². The number of amides is 1. The number of furan rings is 1. The van der Waals surface area contributed by atoms with Crippen LogP contribution < -0.4 is 24.8 Å². The maximum Gasteiger partial charge on any atom is 0.237 e. The van der Waals surface area contributed by atoms with Gasteiger partial charge in [-0.05, 0) is 43.7 Å². The van der Waals surface area contributed by atoms with Crippen molar-refractivity contribution in [2.75, 3.05) is 20.8 Å². The number of hydrogen-bond acceptors (Lipinski definition) is 6. The van der Waals surface area contributed by atoms with Crippen molar-refractivity contribution in [2.45, 2.75) is 33.0 Å². The molecule has 2 N–H and O–H groups in total. The Hall–Kier alpha value is -2.67. The minimum Gasteiger partial charge on any atom is -0.493 e. The van der Waals surface area contributed by atoms with E-state index in [4.69, 9.17) is 18.6 Å². The lowest BCUT2D eigenvalue weighted by Crippen LogP contribution is -2.41. The van der Waals surface area contributed by atoms with Gasteiger partial charge in [-0.3, -0.25) is 4.79 Å². The van der Waals surface area contributed by atoms with E-state index in [2.05, 4.69) is 10.6 Å². The lowest BCUT2D eigenvalue weighted by molar-refractivity contribution is -0.123. The Morgan fingerprint density at radius 1 is 1.19 bits per heavy atom. The Morgan fingerprint density at radius 2 is 1.88 bits per heavy atom. The molecule has 2 aromatic rings. The molecule has 0 radical (unpaired) electrons. The Labute approximate surface area is 153 Å². The Bertz CT molecular complexity index is 675. The quantitative estimate of drug-likeness (QED) is 0.676. The first kappa shape index (κ1) is 19.7. The molecule has 7 heteroatoms. The summed E-state index contributed by atoms with van der Waals surface area (Å²) in [6.45, 7) is 5.06. The van der Waals surface area contributed by atoms with Crippen molar-refractivity contribution in [3.63, 3.8) is 0 Å². The van der Waals surface area contributed by atoms with Crippen LogP contribution in [0.15, 0.2) is 34.9 Å². The van der Waals surface area contributed by atoms with Gasteiger partial charge >= 0.3 is 0 Å². The van der Waals surface area contributed by atoms with Gasteiger partial charge in [0.05, 0.1) is 39.7 Å². The molecule has 1 aromatic carbocycles. The molecule has 7 nitrogen and oxygen atoms in total. The van der Waals surface area contributed by atoms with E-state index < -0.39 is 0 Å². The third kappa shape index (κ3) is 5.16. The van der Waals surface area contributed by atoms with E-state index in [0.29, 0.717) is 42.7 Å². The summed E-state index contributed by atoms with van der Waals surface area (Å²) in [5.74, 6) is 2.37. The SMILES string of the molecule is CCOc1c(OC)cc(CNC(C)C(=O)NCc2ccco2)cc1OC. The minimum atomic E-state index is -0.367. The largest absolute Gasteiger partial charge is 0.493 e. The van der Waals surface area contributed by atoms with Crippen molar-refractivity contribution < 1.29 is 23.4 Å². The van der Waals surface area contributed by atoms with Gasteiger partial charge in [0, 0.05) is 6.54 Å². The second kappa shape index (κ2) is 9.72. The summed E-state index contributed by atoms with van der Waals surface area (Å²) < 4.78 is 21.6. The molecule has 1 atom stereocenters. The summed E-state index contributed by atoms with van der Waals surface area (Å²) in [6.07, 6.45) is 1.58. The molecule has 142 valence electrons. The van der Waals surface area contributed by atoms with E-state index in [1.54, 1.807) is 33.5 Å². The fraction of sp³-hybridized carbons (Fsp3) is 0.421. The summed E-state index contributed by atoms with van der Waals surface area (Å²) in [5.41, 5.74) is 0.924. The number of nitrogens with one attached hydrogen (secondary N) is 2. The number of ether oxygens (including phenoxy) is 3. The lowest BCUT2D eigenvalue weighted by Gasteiger charge is -2.17. The second-order valence-corrected chi connectivity index (χ2v) is 5.66. The van der Waals surface area contributed by atoms with Gasteiger partial charge in [0.2, 0.25) is 11.7 Å². The van der Waals surface area contributed by atoms with Gasteiger partial charge < -0.3 is 29.3 Å². The molecule has 0 aliphatic rings. The van der Waals surface area contributed by atoms with E-state index in [0.717, 1.165) is 5.56 Å². The standard InChI is InChI=1S/C19H26N2O5/c1-5-25-18-16(23-3)9-14(10-17(18)24-4)11-20-13(2)19(22)21-12-15-7-6-8-26-15/h6-10,13,20H,5,11-12H2,1-4H3,(H,21,22). The number of rotatable bonds is 10. The van der Waals surface area contributed by atoms with Crippen LogP contribution in [0.4, 0.5) is 0 Å². The highest BCUT2D eigenvalue weighted by Crippen LogP contribution is 2.38. The maximum atomic E-state index is 12.2. The highest BCUT2D eigenvalue weighted by molar-refractivity contribution is 5.81. The molecule has 0 aliphatic heterocycles. The molecular weight excluding hydrogens is 336 g/mol. The van der Waals surface area contributed by atoms with Gasteiger partial charge in [0.1, 0.15) is 5.76 Å². The van der Waals surface area contributed by atoms with E-state index in [9.17, 15) is 4.79 Å². The van der Waals surface area contributed by atoms with Crippen molar-refractivity contribution in [1.82, 2.24) is 10.6 Å². The van der Waals surface area contributed by atoms with Crippen LogP contribution in [0, 0.1) is 0 Å². The van der Waals surface area contributed by atoms with E-state index in [1.807, 2.05) is 25.1 Å². The number of carbonyl (C=O) groups excluding carboxylic acids is 1. The van der Waals surface area contributed by atoms with Crippen LogP contribution >= 0.6 is 0 Å². The molecule has 0 aliphatic carbocycles. The Balaban J connectivity index is 1.95. The first-order valence-corrected chi connectivity index (χ1v) is 8.50. The van der Waals surface area contributed by atoms with Gasteiger partial charge in [-0.2, -0.15) is 0 Å². The monoisotopic (exact) mass is 362 g/mol. The van der Waals surface area contributed by atoms with Crippen molar-refractivity contribution in [3.05, 3.63) is 41.9 Å². The van der Waals surface area contributed by atoms with E-state index in [-0.39, 0.29) is 11.9 Å². The third-order valence-electron chi connectivity index (χ3n) is 3.83.